The maximum atomic E-state index is 12.3. The Bertz CT molecular complexity index is 926. The number of methoxy groups -OCH3 is 1. The van der Waals surface area contributed by atoms with Crippen molar-refractivity contribution in [2.24, 2.45) is 0 Å². The number of rotatable bonds is 9. The monoisotopic (exact) mass is 449 g/mol. The van der Waals surface area contributed by atoms with Crippen LogP contribution in [0.2, 0.25) is 0 Å². The van der Waals surface area contributed by atoms with Gasteiger partial charge in [0.05, 0.1) is 19.1 Å². The number of aromatic nitrogens is 4. The highest BCUT2D eigenvalue weighted by Crippen LogP contribution is 2.17. The lowest BCUT2D eigenvalue weighted by molar-refractivity contribution is 0.414. The van der Waals surface area contributed by atoms with E-state index in [2.05, 4.69) is 41.2 Å². The summed E-state index contributed by atoms with van der Waals surface area (Å²) in [5, 5.41) is 3.14. The Labute approximate surface area is 169 Å². The van der Waals surface area contributed by atoms with Crippen LogP contribution in [-0.4, -0.2) is 39.3 Å². The van der Waals surface area contributed by atoms with Gasteiger partial charge in [0.1, 0.15) is 10.4 Å². The number of ether oxygens (including phenoxy) is 1. The van der Waals surface area contributed by atoms with E-state index < -0.39 is 0 Å². The van der Waals surface area contributed by atoms with Gasteiger partial charge in [-0.15, -0.1) is 0 Å². The number of hydrogen-bond donors (Lipinski definition) is 3. The number of aromatic amines is 2. The fourth-order valence-corrected chi connectivity index (χ4v) is 3.78. The van der Waals surface area contributed by atoms with Crippen LogP contribution in [0.5, 0.6) is 5.75 Å². The molecular formula is C18H20BrN5O2S. The zero-order valence-corrected chi connectivity index (χ0v) is 17.2. The van der Waals surface area contributed by atoms with Crippen LogP contribution in [0.1, 0.15) is 16.8 Å². The van der Waals surface area contributed by atoms with Gasteiger partial charge in [0, 0.05) is 36.2 Å². The molecule has 0 bridgehead atoms. The molecule has 0 atom stereocenters. The summed E-state index contributed by atoms with van der Waals surface area (Å²) in [4.78, 5) is 26.6. The lowest BCUT2D eigenvalue weighted by atomic mass is 10.1. The van der Waals surface area contributed by atoms with Crippen molar-refractivity contribution in [2.45, 2.75) is 12.2 Å². The Morgan fingerprint density at radius 2 is 2.07 bits per heavy atom. The summed E-state index contributed by atoms with van der Waals surface area (Å²) in [5.41, 5.74) is 2.60. The first-order valence-electron chi connectivity index (χ1n) is 8.36. The number of halogens is 1. The number of nitrogens with one attached hydrogen (secondary N) is 3. The van der Waals surface area contributed by atoms with Gasteiger partial charge in [0.25, 0.3) is 5.56 Å². The van der Waals surface area contributed by atoms with Gasteiger partial charge in [-0.1, -0.05) is 12.1 Å². The van der Waals surface area contributed by atoms with Crippen LogP contribution < -0.4 is 15.6 Å². The molecule has 0 radical (unpaired) electrons. The Kier molecular flexibility index (Phi) is 6.94. The van der Waals surface area contributed by atoms with Gasteiger partial charge in [0.15, 0.2) is 0 Å². The first kappa shape index (κ1) is 19.5. The molecule has 2 aromatic heterocycles. The van der Waals surface area contributed by atoms with Crippen molar-refractivity contribution in [3.05, 3.63) is 68.6 Å². The summed E-state index contributed by atoms with van der Waals surface area (Å²) in [5.74, 6) is 3.00. The van der Waals surface area contributed by atoms with Gasteiger partial charge in [0.2, 0.25) is 5.95 Å². The molecule has 3 rings (SSSR count). The molecule has 1 aromatic carbocycles. The van der Waals surface area contributed by atoms with E-state index >= 15 is 0 Å². The van der Waals surface area contributed by atoms with Crippen LogP contribution in [-0.2, 0) is 12.2 Å². The largest absolute Gasteiger partial charge is 0.497 e. The lowest BCUT2D eigenvalue weighted by Crippen LogP contribution is -2.18. The van der Waals surface area contributed by atoms with Gasteiger partial charge in [-0.05, 0) is 33.6 Å². The predicted octanol–water partition coefficient (Wildman–Crippen LogP) is 3.20. The smallest absolute Gasteiger partial charge is 0.255 e. The van der Waals surface area contributed by atoms with Gasteiger partial charge >= 0.3 is 0 Å². The number of nitrogens with zero attached hydrogens (tertiary/aromatic N) is 2. The van der Waals surface area contributed by atoms with Crippen molar-refractivity contribution in [1.29, 1.82) is 0 Å². The number of thioether (sulfide) groups is 1. The minimum atomic E-state index is -0.127. The van der Waals surface area contributed by atoms with E-state index in [9.17, 15) is 4.79 Å². The van der Waals surface area contributed by atoms with Crippen LogP contribution in [0.3, 0.4) is 0 Å². The average molecular weight is 450 g/mol. The summed E-state index contributed by atoms with van der Waals surface area (Å²) in [6.07, 6.45) is 3.82. The predicted molar refractivity (Wildman–Crippen MR) is 112 cm³/mol. The summed E-state index contributed by atoms with van der Waals surface area (Å²) in [6.45, 7) is 0.706. The quantitative estimate of drug-likeness (QED) is 0.434. The molecule has 0 aliphatic carbocycles. The van der Waals surface area contributed by atoms with Gasteiger partial charge in [-0.2, -0.15) is 11.8 Å². The number of hydrogen-bond acceptors (Lipinski definition) is 6. The zero-order valence-electron chi connectivity index (χ0n) is 14.8. The van der Waals surface area contributed by atoms with Crippen molar-refractivity contribution in [1.82, 2.24) is 19.9 Å². The van der Waals surface area contributed by atoms with E-state index in [1.165, 1.54) is 0 Å². The fraction of sp³-hybridized carbons (Fsp3) is 0.278. The van der Waals surface area contributed by atoms with Gasteiger partial charge in [-0.3, -0.25) is 9.78 Å². The van der Waals surface area contributed by atoms with Crippen LogP contribution >= 0.6 is 27.7 Å². The minimum absolute atomic E-state index is 0.127. The van der Waals surface area contributed by atoms with Crippen LogP contribution in [0, 0.1) is 0 Å². The minimum Gasteiger partial charge on any atom is -0.497 e. The molecule has 0 amide bonds. The first-order valence-corrected chi connectivity index (χ1v) is 10.3. The second kappa shape index (κ2) is 9.61. The molecule has 7 nitrogen and oxygen atoms in total. The Balaban J connectivity index is 1.47. The molecule has 0 aliphatic rings. The van der Waals surface area contributed by atoms with E-state index in [0.29, 0.717) is 24.5 Å². The normalized spacial score (nSPS) is 10.7. The molecule has 0 saturated heterocycles. The number of anilines is 1. The summed E-state index contributed by atoms with van der Waals surface area (Å²) in [6, 6.07) is 7.65. The molecule has 0 aliphatic heterocycles. The lowest BCUT2D eigenvalue weighted by Gasteiger charge is -2.07. The van der Waals surface area contributed by atoms with Crippen molar-refractivity contribution < 1.29 is 4.74 Å². The summed E-state index contributed by atoms with van der Waals surface area (Å²) < 4.78 is 5.99. The first-order chi connectivity index (χ1) is 13.2. The zero-order chi connectivity index (χ0) is 19.1. The Morgan fingerprint density at radius 1 is 1.26 bits per heavy atom. The Morgan fingerprint density at radius 3 is 2.74 bits per heavy atom. The number of H-pyrrole nitrogens is 2. The number of benzene rings is 1. The highest BCUT2D eigenvalue weighted by Gasteiger charge is 2.05. The van der Waals surface area contributed by atoms with E-state index in [0.717, 1.165) is 33.1 Å². The third-order valence-electron chi connectivity index (χ3n) is 3.88. The molecule has 2 heterocycles. The maximum Gasteiger partial charge on any atom is 0.255 e. The molecule has 0 saturated carbocycles. The van der Waals surface area contributed by atoms with Crippen molar-refractivity contribution in [3.63, 3.8) is 0 Å². The molecule has 0 fully saturated rings. The third kappa shape index (κ3) is 5.61. The molecule has 9 heteroatoms. The Hall–Kier alpha value is -2.26. The fourth-order valence-electron chi connectivity index (χ4n) is 2.42. The van der Waals surface area contributed by atoms with Crippen LogP contribution in [0.4, 0.5) is 5.95 Å². The highest BCUT2D eigenvalue weighted by atomic mass is 79.9. The van der Waals surface area contributed by atoms with Gasteiger partial charge < -0.3 is 15.0 Å². The van der Waals surface area contributed by atoms with Crippen molar-refractivity contribution >= 4 is 33.6 Å². The second-order valence-corrected chi connectivity index (χ2v) is 7.62. The number of imidazole rings is 1. The molecule has 0 spiro atoms. The summed E-state index contributed by atoms with van der Waals surface area (Å²) >= 11 is 5.15. The topological polar surface area (TPSA) is 95.7 Å². The van der Waals surface area contributed by atoms with E-state index in [1.807, 2.05) is 24.3 Å². The van der Waals surface area contributed by atoms with Gasteiger partial charge in [-0.25, -0.2) is 9.97 Å². The van der Waals surface area contributed by atoms with Crippen LogP contribution in [0.15, 0.2) is 46.2 Å². The van der Waals surface area contributed by atoms with Crippen molar-refractivity contribution in [3.8, 4) is 5.75 Å². The third-order valence-corrected chi connectivity index (χ3v) is 5.55. The SMILES string of the molecule is COc1ccc(Cc2cnc(NCCSCc3[nH]cnc3Br)[nH]c2=O)cc1. The molecule has 27 heavy (non-hydrogen) atoms. The highest BCUT2D eigenvalue weighted by molar-refractivity contribution is 9.10. The molecule has 142 valence electrons. The van der Waals surface area contributed by atoms with E-state index in [4.69, 9.17) is 4.74 Å². The van der Waals surface area contributed by atoms with E-state index in [-0.39, 0.29) is 5.56 Å². The molecule has 3 N–H and O–H groups in total. The maximum absolute atomic E-state index is 12.3. The van der Waals surface area contributed by atoms with Crippen molar-refractivity contribution in [2.75, 3.05) is 24.7 Å². The molecule has 0 unspecified atom stereocenters. The average Bonchev–Trinajstić information content (AvgIpc) is 3.09. The summed E-state index contributed by atoms with van der Waals surface area (Å²) in [7, 11) is 1.63. The molecule has 3 aromatic rings. The standard InChI is InChI=1S/C18H20BrN5O2S/c1-26-14-4-2-12(3-5-14)8-13-9-21-18(24-17(13)25)20-6-7-27-10-15-16(19)23-11-22-15/h2-5,9,11H,6-8,10H2,1H3,(H,22,23)(H2,20,21,24,25). The second-order valence-electron chi connectivity index (χ2n) is 5.76. The van der Waals surface area contributed by atoms with E-state index in [1.54, 1.807) is 31.4 Å². The van der Waals surface area contributed by atoms with Crippen LogP contribution in [0.25, 0.3) is 0 Å². The molecular weight excluding hydrogens is 430 g/mol.